The predicted molar refractivity (Wildman–Crippen MR) is 101 cm³/mol. The standard InChI is InChI=1S/C23H32O4/c1-13(24)23-20(27-23)12-19-17-6-5-15-11-16(26-14(2)25)7-9-21(15,3)18(17)8-10-22(19,23)4/h5,16-20H,6-12H2,1-4H3/t16-,17-,18-,19-,20+,21+,22+,23+/m0/s1. The zero-order chi connectivity index (χ0) is 19.2. The molecular weight excluding hydrogens is 340 g/mol. The fraction of sp³-hybridized carbons (Fsp3) is 0.826. The molecule has 8 atom stereocenters. The van der Waals surface area contributed by atoms with E-state index in [0.29, 0.717) is 17.8 Å². The van der Waals surface area contributed by atoms with E-state index in [1.165, 1.54) is 18.9 Å². The third kappa shape index (κ3) is 2.14. The van der Waals surface area contributed by atoms with Gasteiger partial charge < -0.3 is 9.47 Å². The van der Waals surface area contributed by atoms with Crippen LogP contribution in [0.1, 0.15) is 72.6 Å². The minimum absolute atomic E-state index is 0.0152. The van der Waals surface area contributed by atoms with Crippen molar-refractivity contribution >= 4 is 11.8 Å². The lowest BCUT2D eigenvalue weighted by molar-refractivity contribution is -0.149. The fourth-order valence-electron chi connectivity index (χ4n) is 8.03. The van der Waals surface area contributed by atoms with Gasteiger partial charge >= 0.3 is 5.97 Å². The Morgan fingerprint density at radius 1 is 1.15 bits per heavy atom. The SMILES string of the molecule is CC(=O)O[C@H]1CC[C@]2(C)C(=CC[C@H]3[C@@H]2CC[C@]2(C)[C@H]3C[C@H]3O[C@]32C(C)=O)C1. The Hall–Kier alpha value is -1.16. The van der Waals surface area contributed by atoms with Crippen molar-refractivity contribution < 1.29 is 19.1 Å². The molecule has 5 rings (SSSR count). The van der Waals surface area contributed by atoms with Crippen LogP contribution in [0.15, 0.2) is 11.6 Å². The minimum atomic E-state index is -0.472. The maximum Gasteiger partial charge on any atom is 0.302 e. The number of ketones is 1. The summed E-state index contributed by atoms with van der Waals surface area (Å²) >= 11 is 0. The molecule has 3 saturated carbocycles. The first-order valence-corrected chi connectivity index (χ1v) is 10.8. The van der Waals surface area contributed by atoms with Crippen LogP contribution >= 0.6 is 0 Å². The summed E-state index contributed by atoms with van der Waals surface area (Å²) in [6, 6.07) is 0. The number of rotatable bonds is 2. The van der Waals surface area contributed by atoms with Crippen LogP contribution in [0, 0.1) is 28.6 Å². The molecule has 0 spiro atoms. The molecule has 0 aromatic heterocycles. The molecule has 4 fully saturated rings. The molecule has 0 bridgehead atoms. The smallest absolute Gasteiger partial charge is 0.302 e. The number of esters is 1. The van der Waals surface area contributed by atoms with Crippen LogP contribution in [0.25, 0.3) is 0 Å². The molecule has 0 radical (unpaired) electrons. The van der Waals surface area contributed by atoms with Crippen LogP contribution in [-0.2, 0) is 19.1 Å². The van der Waals surface area contributed by atoms with E-state index in [1.807, 2.05) is 0 Å². The van der Waals surface area contributed by atoms with Gasteiger partial charge in [0.25, 0.3) is 0 Å². The molecule has 148 valence electrons. The number of allylic oxidation sites excluding steroid dienone is 1. The highest BCUT2D eigenvalue weighted by atomic mass is 16.6. The highest BCUT2D eigenvalue weighted by Gasteiger charge is 2.79. The monoisotopic (exact) mass is 372 g/mol. The minimum Gasteiger partial charge on any atom is -0.462 e. The summed E-state index contributed by atoms with van der Waals surface area (Å²) in [4.78, 5) is 23.8. The van der Waals surface area contributed by atoms with Gasteiger partial charge in [0.15, 0.2) is 11.4 Å². The lowest BCUT2D eigenvalue weighted by Gasteiger charge is -2.58. The zero-order valence-electron chi connectivity index (χ0n) is 17.0. The van der Waals surface area contributed by atoms with Gasteiger partial charge in [-0.25, -0.2) is 0 Å². The van der Waals surface area contributed by atoms with Gasteiger partial charge in [-0.2, -0.15) is 0 Å². The molecule has 0 aromatic carbocycles. The number of carbonyl (C=O) groups excluding carboxylic acids is 2. The van der Waals surface area contributed by atoms with Crippen molar-refractivity contribution in [3.8, 4) is 0 Å². The average molecular weight is 373 g/mol. The van der Waals surface area contributed by atoms with Gasteiger partial charge in [-0.1, -0.05) is 25.5 Å². The second-order valence-electron chi connectivity index (χ2n) is 10.3. The lowest BCUT2D eigenvalue weighted by atomic mass is 9.47. The first-order valence-electron chi connectivity index (χ1n) is 10.8. The number of Topliss-reactive ketones (excluding diaryl/α,β-unsaturated/α-hetero) is 1. The summed E-state index contributed by atoms with van der Waals surface area (Å²) in [6.07, 6.45) is 10.1. The number of fused-ring (bicyclic) bond motifs is 7. The van der Waals surface area contributed by atoms with Gasteiger partial charge in [0.2, 0.25) is 0 Å². The Labute approximate surface area is 162 Å². The van der Waals surface area contributed by atoms with Crippen molar-refractivity contribution in [1.29, 1.82) is 0 Å². The average Bonchev–Trinajstić information content (AvgIpc) is 3.27. The maximum absolute atomic E-state index is 12.5. The van der Waals surface area contributed by atoms with Crippen LogP contribution in [0.3, 0.4) is 0 Å². The Morgan fingerprint density at radius 2 is 1.93 bits per heavy atom. The van der Waals surface area contributed by atoms with E-state index in [0.717, 1.165) is 38.5 Å². The van der Waals surface area contributed by atoms with E-state index in [-0.39, 0.29) is 34.8 Å². The quantitative estimate of drug-likeness (QED) is 0.414. The molecule has 1 heterocycles. The molecule has 1 aliphatic heterocycles. The van der Waals surface area contributed by atoms with Crippen LogP contribution in [0.5, 0.6) is 0 Å². The zero-order valence-corrected chi connectivity index (χ0v) is 17.0. The maximum atomic E-state index is 12.5. The highest BCUT2D eigenvalue weighted by molar-refractivity contribution is 5.90. The molecule has 1 saturated heterocycles. The van der Waals surface area contributed by atoms with Crippen molar-refractivity contribution in [1.82, 2.24) is 0 Å². The summed E-state index contributed by atoms with van der Waals surface area (Å²) in [5.74, 6) is 2.03. The van der Waals surface area contributed by atoms with E-state index in [1.54, 1.807) is 6.92 Å². The molecule has 0 amide bonds. The summed E-state index contributed by atoms with van der Waals surface area (Å²) in [5, 5.41) is 0. The number of carbonyl (C=O) groups is 2. The molecule has 5 aliphatic rings. The summed E-state index contributed by atoms with van der Waals surface area (Å²) in [5.41, 5.74) is 1.30. The number of hydrogen-bond donors (Lipinski definition) is 0. The molecule has 4 nitrogen and oxygen atoms in total. The number of ether oxygens (including phenoxy) is 2. The van der Waals surface area contributed by atoms with Crippen LogP contribution in [-0.4, -0.2) is 29.6 Å². The number of hydrogen-bond acceptors (Lipinski definition) is 4. The largest absolute Gasteiger partial charge is 0.462 e. The molecule has 0 aromatic rings. The molecular formula is C23H32O4. The Balaban J connectivity index is 1.43. The van der Waals surface area contributed by atoms with Crippen LogP contribution in [0.4, 0.5) is 0 Å². The van der Waals surface area contributed by atoms with Crippen LogP contribution < -0.4 is 0 Å². The fourth-order valence-corrected chi connectivity index (χ4v) is 8.03. The highest BCUT2D eigenvalue weighted by Crippen LogP contribution is 2.73. The first-order chi connectivity index (χ1) is 12.7. The van der Waals surface area contributed by atoms with Gasteiger partial charge in [0.1, 0.15) is 6.10 Å². The predicted octanol–water partition coefficient (Wildman–Crippen LogP) is 4.22. The molecule has 4 aliphatic carbocycles. The van der Waals surface area contributed by atoms with Gasteiger partial charge in [0, 0.05) is 18.8 Å². The van der Waals surface area contributed by atoms with E-state index in [9.17, 15) is 9.59 Å². The van der Waals surface area contributed by atoms with Crippen molar-refractivity contribution in [3.05, 3.63) is 11.6 Å². The van der Waals surface area contributed by atoms with E-state index in [2.05, 4.69) is 19.9 Å². The first kappa shape index (κ1) is 17.9. The van der Waals surface area contributed by atoms with Crippen molar-refractivity contribution in [3.63, 3.8) is 0 Å². The second kappa shape index (κ2) is 5.46. The van der Waals surface area contributed by atoms with Gasteiger partial charge in [-0.15, -0.1) is 0 Å². The molecule has 0 unspecified atom stereocenters. The normalized spacial score (nSPS) is 52.6. The molecule has 27 heavy (non-hydrogen) atoms. The summed E-state index contributed by atoms with van der Waals surface area (Å²) in [6.45, 7) is 8.03. The Bertz CT molecular complexity index is 741. The second-order valence-corrected chi connectivity index (χ2v) is 10.3. The molecule has 4 heteroatoms. The topological polar surface area (TPSA) is 55.9 Å². The van der Waals surface area contributed by atoms with Crippen molar-refractivity contribution in [2.75, 3.05) is 0 Å². The molecule has 0 N–H and O–H groups in total. The van der Waals surface area contributed by atoms with E-state index < -0.39 is 5.60 Å². The van der Waals surface area contributed by atoms with E-state index >= 15 is 0 Å². The Kier molecular flexibility index (Phi) is 3.62. The Morgan fingerprint density at radius 3 is 2.63 bits per heavy atom. The van der Waals surface area contributed by atoms with Gasteiger partial charge in [-0.3, -0.25) is 9.59 Å². The lowest BCUT2D eigenvalue weighted by Crippen LogP contribution is -2.54. The summed E-state index contributed by atoms with van der Waals surface area (Å²) in [7, 11) is 0. The number of epoxide rings is 1. The third-order valence-electron chi connectivity index (χ3n) is 9.34. The summed E-state index contributed by atoms with van der Waals surface area (Å²) < 4.78 is 11.6. The van der Waals surface area contributed by atoms with Crippen molar-refractivity contribution in [2.45, 2.75) is 90.4 Å². The van der Waals surface area contributed by atoms with Gasteiger partial charge in [0.05, 0.1) is 6.10 Å². The van der Waals surface area contributed by atoms with Gasteiger partial charge in [-0.05, 0) is 68.6 Å². The van der Waals surface area contributed by atoms with Crippen LogP contribution in [0.2, 0.25) is 0 Å². The van der Waals surface area contributed by atoms with E-state index in [4.69, 9.17) is 9.47 Å². The third-order valence-corrected chi connectivity index (χ3v) is 9.34. The van der Waals surface area contributed by atoms with Crippen molar-refractivity contribution in [2.24, 2.45) is 28.6 Å².